The second kappa shape index (κ2) is 5.23. The SMILES string of the molecule is Cn1cc(Oc2nc(-c3ccsc3)nc3ccccc23)cn1. The van der Waals surface area contributed by atoms with Crippen LogP contribution in [-0.2, 0) is 7.05 Å². The standard InChI is InChI=1S/C16H12N4OS/c1-20-9-12(8-17-20)21-16-13-4-2-3-5-14(13)18-15(19-16)11-6-7-22-10-11/h2-10H,1H3. The van der Waals surface area contributed by atoms with E-state index in [1.165, 1.54) is 0 Å². The fourth-order valence-corrected chi connectivity index (χ4v) is 2.84. The van der Waals surface area contributed by atoms with E-state index in [-0.39, 0.29) is 0 Å². The molecule has 0 fully saturated rings. The van der Waals surface area contributed by atoms with Gasteiger partial charge in [-0.3, -0.25) is 4.68 Å². The molecular formula is C16H12N4OS. The van der Waals surface area contributed by atoms with Crippen LogP contribution >= 0.6 is 11.3 Å². The Morgan fingerprint density at radius 3 is 2.82 bits per heavy atom. The lowest BCUT2D eigenvalue weighted by Crippen LogP contribution is -1.95. The third kappa shape index (κ3) is 2.33. The van der Waals surface area contributed by atoms with Crippen molar-refractivity contribution in [2.45, 2.75) is 0 Å². The van der Waals surface area contributed by atoms with Gasteiger partial charge in [0.05, 0.1) is 23.3 Å². The van der Waals surface area contributed by atoms with Crippen LogP contribution in [0, 0.1) is 0 Å². The topological polar surface area (TPSA) is 52.8 Å². The van der Waals surface area contributed by atoms with Crippen LogP contribution in [0.4, 0.5) is 0 Å². The average molecular weight is 308 g/mol. The number of fused-ring (bicyclic) bond motifs is 1. The summed E-state index contributed by atoms with van der Waals surface area (Å²) in [6.45, 7) is 0. The molecule has 6 heteroatoms. The van der Waals surface area contributed by atoms with Gasteiger partial charge in [-0.25, -0.2) is 4.98 Å². The van der Waals surface area contributed by atoms with Gasteiger partial charge >= 0.3 is 0 Å². The zero-order valence-corrected chi connectivity index (χ0v) is 12.6. The summed E-state index contributed by atoms with van der Waals surface area (Å²) in [5, 5.41) is 9.03. The van der Waals surface area contributed by atoms with Crippen molar-refractivity contribution in [2.75, 3.05) is 0 Å². The Hall–Kier alpha value is -2.73. The predicted molar refractivity (Wildman–Crippen MR) is 86.1 cm³/mol. The number of thiophene rings is 1. The van der Waals surface area contributed by atoms with Crippen molar-refractivity contribution in [3.05, 3.63) is 53.5 Å². The summed E-state index contributed by atoms with van der Waals surface area (Å²) in [7, 11) is 1.85. The van der Waals surface area contributed by atoms with Crippen molar-refractivity contribution in [1.82, 2.24) is 19.7 Å². The van der Waals surface area contributed by atoms with E-state index in [0.29, 0.717) is 17.5 Å². The highest BCUT2D eigenvalue weighted by Gasteiger charge is 2.12. The van der Waals surface area contributed by atoms with Crippen LogP contribution in [0.25, 0.3) is 22.3 Å². The summed E-state index contributed by atoms with van der Waals surface area (Å²) < 4.78 is 7.61. The average Bonchev–Trinajstić information content (AvgIpc) is 3.19. The van der Waals surface area contributed by atoms with Gasteiger partial charge in [0.1, 0.15) is 0 Å². The van der Waals surface area contributed by atoms with Gasteiger partial charge < -0.3 is 4.74 Å². The Morgan fingerprint density at radius 1 is 1.14 bits per heavy atom. The second-order valence-electron chi connectivity index (χ2n) is 4.83. The number of nitrogens with zero attached hydrogens (tertiary/aromatic N) is 4. The summed E-state index contributed by atoms with van der Waals surface area (Å²) in [5.41, 5.74) is 1.85. The normalized spacial score (nSPS) is 11.0. The van der Waals surface area contributed by atoms with Gasteiger partial charge in [0.25, 0.3) is 0 Å². The van der Waals surface area contributed by atoms with Crippen molar-refractivity contribution in [2.24, 2.45) is 7.05 Å². The molecule has 0 N–H and O–H groups in total. The largest absolute Gasteiger partial charge is 0.435 e. The van der Waals surface area contributed by atoms with Gasteiger partial charge in [0.15, 0.2) is 11.6 Å². The number of aromatic nitrogens is 4. The predicted octanol–water partition coefficient (Wildman–Crippen LogP) is 3.88. The zero-order valence-electron chi connectivity index (χ0n) is 11.8. The molecule has 0 aliphatic heterocycles. The number of benzene rings is 1. The molecule has 3 aromatic heterocycles. The fourth-order valence-electron chi connectivity index (χ4n) is 2.21. The molecule has 0 unspecified atom stereocenters. The number of hydrogen-bond donors (Lipinski definition) is 0. The molecule has 0 saturated heterocycles. The zero-order chi connectivity index (χ0) is 14.9. The van der Waals surface area contributed by atoms with Crippen molar-refractivity contribution >= 4 is 22.2 Å². The van der Waals surface area contributed by atoms with Gasteiger partial charge in [0, 0.05) is 18.0 Å². The highest BCUT2D eigenvalue weighted by atomic mass is 32.1. The molecule has 0 atom stereocenters. The molecule has 4 rings (SSSR count). The van der Waals surface area contributed by atoms with Crippen molar-refractivity contribution in [3.63, 3.8) is 0 Å². The lowest BCUT2D eigenvalue weighted by molar-refractivity contribution is 0.468. The maximum Gasteiger partial charge on any atom is 0.230 e. The summed E-state index contributed by atoms with van der Waals surface area (Å²) in [6, 6.07) is 9.83. The van der Waals surface area contributed by atoms with E-state index in [1.54, 1.807) is 28.4 Å². The van der Waals surface area contributed by atoms with Crippen molar-refractivity contribution < 1.29 is 4.74 Å². The van der Waals surface area contributed by atoms with Gasteiger partial charge in [0.2, 0.25) is 5.88 Å². The number of ether oxygens (including phenoxy) is 1. The quantitative estimate of drug-likeness (QED) is 0.576. The van der Waals surface area contributed by atoms with Crippen LogP contribution in [-0.4, -0.2) is 19.7 Å². The maximum atomic E-state index is 5.92. The summed E-state index contributed by atoms with van der Waals surface area (Å²) in [5.74, 6) is 1.86. The van der Waals surface area contributed by atoms with Crippen molar-refractivity contribution in [3.8, 4) is 23.0 Å². The first-order valence-electron chi connectivity index (χ1n) is 6.75. The first kappa shape index (κ1) is 13.0. The molecule has 0 bridgehead atoms. The van der Waals surface area contributed by atoms with Crippen LogP contribution in [0.2, 0.25) is 0 Å². The lowest BCUT2D eigenvalue weighted by atomic mass is 10.2. The molecule has 0 radical (unpaired) electrons. The summed E-state index contributed by atoms with van der Waals surface area (Å²) in [6.07, 6.45) is 3.47. The van der Waals surface area contributed by atoms with E-state index in [4.69, 9.17) is 4.74 Å². The van der Waals surface area contributed by atoms with Gasteiger partial charge in [-0.15, -0.1) is 0 Å². The van der Waals surface area contributed by atoms with Gasteiger partial charge in [-0.2, -0.15) is 21.4 Å². The summed E-state index contributed by atoms with van der Waals surface area (Å²) >= 11 is 1.62. The van der Waals surface area contributed by atoms with E-state index < -0.39 is 0 Å². The van der Waals surface area contributed by atoms with Crippen LogP contribution < -0.4 is 4.74 Å². The monoisotopic (exact) mass is 308 g/mol. The molecule has 1 aromatic carbocycles. The first-order valence-corrected chi connectivity index (χ1v) is 7.70. The Morgan fingerprint density at radius 2 is 2.05 bits per heavy atom. The summed E-state index contributed by atoms with van der Waals surface area (Å²) in [4.78, 5) is 9.20. The van der Waals surface area contributed by atoms with Gasteiger partial charge in [-0.1, -0.05) is 12.1 Å². The molecular weight excluding hydrogens is 296 g/mol. The third-order valence-corrected chi connectivity index (χ3v) is 3.93. The molecule has 0 amide bonds. The number of hydrogen-bond acceptors (Lipinski definition) is 5. The Kier molecular flexibility index (Phi) is 3.08. The fraction of sp³-hybridized carbons (Fsp3) is 0.0625. The smallest absolute Gasteiger partial charge is 0.230 e. The van der Waals surface area contributed by atoms with E-state index in [0.717, 1.165) is 16.5 Å². The van der Waals surface area contributed by atoms with Crippen LogP contribution in [0.5, 0.6) is 11.6 Å². The van der Waals surface area contributed by atoms with Crippen LogP contribution in [0.15, 0.2) is 53.5 Å². The molecule has 22 heavy (non-hydrogen) atoms. The molecule has 0 aliphatic rings. The Labute approximate surface area is 130 Å². The minimum atomic E-state index is 0.541. The van der Waals surface area contributed by atoms with E-state index in [2.05, 4.69) is 15.1 Å². The number of aryl methyl sites for hydroxylation is 1. The number of rotatable bonds is 3. The van der Waals surface area contributed by atoms with Crippen LogP contribution in [0.1, 0.15) is 0 Å². The molecule has 5 nitrogen and oxygen atoms in total. The highest BCUT2D eigenvalue weighted by molar-refractivity contribution is 7.08. The Bertz CT molecular complexity index is 930. The first-order chi connectivity index (χ1) is 10.8. The van der Waals surface area contributed by atoms with Crippen molar-refractivity contribution in [1.29, 1.82) is 0 Å². The molecule has 4 aromatic rings. The second-order valence-corrected chi connectivity index (χ2v) is 5.61. The molecule has 3 heterocycles. The minimum absolute atomic E-state index is 0.541. The number of para-hydroxylation sites is 1. The van der Waals surface area contributed by atoms with Crippen LogP contribution in [0.3, 0.4) is 0 Å². The lowest BCUT2D eigenvalue weighted by Gasteiger charge is -2.08. The molecule has 108 valence electrons. The minimum Gasteiger partial charge on any atom is -0.435 e. The van der Waals surface area contributed by atoms with E-state index >= 15 is 0 Å². The molecule has 0 saturated carbocycles. The molecule has 0 spiro atoms. The highest BCUT2D eigenvalue weighted by Crippen LogP contribution is 2.30. The van der Waals surface area contributed by atoms with E-state index in [9.17, 15) is 0 Å². The Balaban J connectivity index is 1.87. The third-order valence-electron chi connectivity index (χ3n) is 3.24. The maximum absolute atomic E-state index is 5.92. The molecule has 0 aliphatic carbocycles. The van der Waals surface area contributed by atoms with Gasteiger partial charge in [-0.05, 0) is 23.6 Å². The van der Waals surface area contributed by atoms with E-state index in [1.807, 2.05) is 48.1 Å².